The third-order valence-corrected chi connectivity index (χ3v) is 3.70. The van der Waals surface area contributed by atoms with E-state index in [4.69, 9.17) is 0 Å². The van der Waals surface area contributed by atoms with Crippen molar-refractivity contribution in [2.45, 2.75) is 13.5 Å². The third kappa shape index (κ3) is 2.85. The maximum atomic E-state index is 4.38. The minimum Gasteiger partial charge on any atom is -0.360 e. The molecule has 0 aliphatic heterocycles. The average molecular weight is 285 g/mol. The quantitative estimate of drug-likeness (QED) is 0.783. The molecule has 0 unspecified atom stereocenters. The van der Waals surface area contributed by atoms with Crippen LogP contribution >= 0.6 is 11.3 Å². The molecule has 2 heterocycles. The molecule has 102 valence electrons. The molecule has 0 fully saturated rings. The van der Waals surface area contributed by atoms with E-state index in [0.29, 0.717) is 6.54 Å². The molecule has 0 saturated heterocycles. The van der Waals surface area contributed by atoms with Crippen LogP contribution in [0.25, 0.3) is 11.1 Å². The molecule has 0 aliphatic rings. The van der Waals surface area contributed by atoms with Gasteiger partial charge in [0, 0.05) is 18.3 Å². The van der Waals surface area contributed by atoms with E-state index in [-0.39, 0.29) is 0 Å². The second-order valence-electron chi connectivity index (χ2n) is 4.32. The van der Waals surface area contributed by atoms with Gasteiger partial charge in [0.05, 0.1) is 12.7 Å². The Kier molecular flexibility index (Phi) is 3.73. The van der Waals surface area contributed by atoms with Crippen LogP contribution in [0.3, 0.4) is 0 Å². The molecule has 0 amide bonds. The van der Waals surface area contributed by atoms with Crippen LogP contribution < -0.4 is 5.32 Å². The van der Waals surface area contributed by atoms with Crippen LogP contribution in [0.4, 0.5) is 5.13 Å². The lowest BCUT2D eigenvalue weighted by Gasteiger charge is -1.96. The van der Waals surface area contributed by atoms with Crippen LogP contribution in [0.2, 0.25) is 0 Å². The van der Waals surface area contributed by atoms with Crippen molar-refractivity contribution in [3.05, 3.63) is 47.7 Å². The van der Waals surface area contributed by atoms with E-state index in [2.05, 4.69) is 32.7 Å². The summed E-state index contributed by atoms with van der Waals surface area (Å²) < 4.78 is 1.89. The topological polar surface area (TPSA) is 55.6 Å². The van der Waals surface area contributed by atoms with Crippen molar-refractivity contribution < 1.29 is 0 Å². The zero-order chi connectivity index (χ0) is 13.8. The number of nitrogens with zero attached hydrogens (tertiary/aromatic N) is 4. The number of anilines is 1. The van der Waals surface area contributed by atoms with Gasteiger partial charge in [0.1, 0.15) is 5.01 Å². The lowest BCUT2D eigenvalue weighted by atomic mass is 10.1. The second-order valence-corrected chi connectivity index (χ2v) is 5.39. The summed E-state index contributed by atoms with van der Waals surface area (Å²) in [5, 5.41) is 17.6. The van der Waals surface area contributed by atoms with Crippen LogP contribution in [0.15, 0.2) is 42.7 Å². The molecule has 3 rings (SSSR count). The van der Waals surface area contributed by atoms with E-state index in [9.17, 15) is 0 Å². The Morgan fingerprint density at radius 2 is 2.00 bits per heavy atom. The first kappa shape index (κ1) is 12.8. The van der Waals surface area contributed by atoms with E-state index >= 15 is 0 Å². The average Bonchev–Trinajstić information content (AvgIpc) is 3.11. The molecule has 1 aromatic carbocycles. The van der Waals surface area contributed by atoms with Gasteiger partial charge in [-0.3, -0.25) is 4.68 Å². The highest BCUT2D eigenvalue weighted by molar-refractivity contribution is 7.15. The fourth-order valence-corrected chi connectivity index (χ4v) is 2.71. The Morgan fingerprint density at radius 3 is 2.80 bits per heavy atom. The van der Waals surface area contributed by atoms with E-state index in [1.165, 1.54) is 5.56 Å². The minimum atomic E-state index is 0.649. The van der Waals surface area contributed by atoms with Crippen molar-refractivity contribution in [1.29, 1.82) is 0 Å². The molecule has 2 aromatic heterocycles. The van der Waals surface area contributed by atoms with Crippen molar-refractivity contribution in [1.82, 2.24) is 20.0 Å². The number of hydrogen-bond donors (Lipinski definition) is 1. The van der Waals surface area contributed by atoms with Crippen molar-refractivity contribution >= 4 is 16.5 Å². The maximum absolute atomic E-state index is 4.38. The Bertz CT molecular complexity index is 674. The van der Waals surface area contributed by atoms with E-state index in [0.717, 1.165) is 22.2 Å². The van der Waals surface area contributed by atoms with Crippen molar-refractivity contribution in [3.8, 4) is 11.1 Å². The zero-order valence-electron chi connectivity index (χ0n) is 11.2. The Balaban J connectivity index is 1.73. The first-order chi connectivity index (χ1) is 9.85. The van der Waals surface area contributed by atoms with Gasteiger partial charge >= 0.3 is 0 Å². The van der Waals surface area contributed by atoms with Gasteiger partial charge in [-0.1, -0.05) is 41.7 Å². The Hall–Kier alpha value is -2.21. The summed E-state index contributed by atoms with van der Waals surface area (Å²) in [4.78, 5) is 0. The zero-order valence-corrected chi connectivity index (χ0v) is 12.0. The molecule has 3 aromatic rings. The number of aromatic nitrogens is 4. The SMILES string of the molecule is CCNc1nnc(Cn2cc(-c3ccccc3)cn2)s1. The highest BCUT2D eigenvalue weighted by atomic mass is 32.1. The first-order valence-corrected chi connectivity index (χ1v) is 7.31. The minimum absolute atomic E-state index is 0.649. The van der Waals surface area contributed by atoms with Gasteiger partial charge in [-0.05, 0) is 12.5 Å². The smallest absolute Gasteiger partial charge is 0.205 e. The van der Waals surface area contributed by atoms with Crippen molar-refractivity contribution in [3.63, 3.8) is 0 Å². The number of benzene rings is 1. The highest BCUT2D eigenvalue weighted by Crippen LogP contribution is 2.19. The maximum Gasteiger partial charge on any atom is 0.205 e. The fraction of sp³-hybridized carbons (Fsp3) is 0.214. The van der Waals surface area contributed by atoms with Gasteiger partial charge in [0.25, 0.3) is 0 Å². The van der Waals surface area contributed by atoms with Crippen LogP contribution in [-0.2, 0) is 6.54 Å². The normalized spacial score (nSPS) is 10.7. The molecule has 1 N–H and O–H groups in total. The predicted octanol–water partition coefficient (Wildman–Crippen LogP) is 2.88. The van der Waals surface area contributed by atoms with E-state index in [1.54, 1.807) is 11.3 Å². The van der Waals surface area contributed by atoms with Crippen molar-refractivity contribution in [2.75, 3.05) is 11.9 Å². The molecule has 0 atom stereocenters. The Labute approximate surface area is 121 Å². The van der Waals surface area contributed by atoms with Gasteiger partial charge in [-0.2, -0.15) is 5.10 Å². The summed E-state index contributed by atoms with van der Waals surface area (Å²) in [6.45, 7) is 3.55. The molecular weight excluding hydrogens is 270 g/mol. The summed E-state index contributed by atoms with van der Waals surface area (Å²) in [6.07, 6.45) is 3.91. The monoisotopic (exact) mass is 285 g/mol. The van der Waals surface area contributed by atoms with Gasteiger partial charge in [0.15, 0.2) is 0 Å². The summed E-state index contributed by atoms with van der Waals surface area (Å²) in [6, 6.07) is 10.2. The summed E-state index contributed by atoms with van der Waals surface area (Å²) in [7, 11) is 0. The number of rotatable bonds is 5. The van der Waals surface area contributed by atoms with Gasteiger partial charge in [0.2, 0.25) is 5.13 Å². The van der Waals surface area contributed by atoms with Crippen LogP contribution in [-0.4, -0.2) is 26.5 Å². The van der Waals surface area contributed by atoms with Gasteiger partial charge in [-0.25, -0.2) is 0 Å². The van der Waals surface area contributed by atoms with Crippen LogP contribution in [0, 0.1) is 0 Å². The standard InChI is InChI=1S/C14H15N5S/c1-2-15-14-18-17-13(20-14)10-19-9-12(8-16-19)11-6-4-3-5-7-11/h3-9H,2,10H2,1H3,(H,15,18). The Morgan fingerprint density at radius 1 is 1.15 bits per heavy atom. The summed E-state index contributed by atoms with van der Waals surface area (Å²) in [5.41, 5.74) is 2.28. The summed E-state index contributed by atoms with van der Waals surface area (Å²) >= 11 is 1.56. The number of nitrogens with one attached hydrogen (secondary N) is 1. The van der Waals surface area contributed by atoms with Gasteiger partial charge in [-0.15, -0.1) is 10.2 Å². The third-order valence-electron chi connectivity index (χ3n) is 2.83. The highest BCUT2D eigenvalue weighted by Gasteiger charge is 2.06. The molecule has 20 heavy (non-hydrogen) atoms. The van der Waals surface area contributed by atoms with E-state index < -0.39 is 0 Å². The lowest BCUT2D eigenvalue weighted by molar-refractivity contribution is 0.677. The molecule has 0 radical (unpaired) electrons. The molecule has 0 aliphatic carbocycles. The second kappa shape index (κ2) is 5.83. The largest absolute Gasteiger partial charge is 0.360 e. The lowest BCUT2D eigenvalue weighted by Crippen LogP contribution is -1.99. The molecule has 0 spiro atoms. The summed E-state index contributed by atoms with van der Waals surface area (Å²) in [5.74, 6) is 0. The molecule has 0 bridgehead atoms. The van der Waals surface area contributed by atoms with Crippen molar-refractivity contribution in [2.24, 2.45) is 0 Å². The van der Waals surface area contributed by atoms with Crippen LogP contribution in [0.5, 0.6) is 0 Å². The molecular formula is C14H15N5S. The molecule has 0 saturated carbocycles. The molecule has 5 nitrogen and oxygen atoms in total. The van der Waals surface area contributed by atoms with Gasteiger partial charge < -0.3 is 5.32 Å². The fourth-order valence-electron chi connectivity index (χ4n) is 1.91. The molecule has 6 heteroatoms. The van der Waals surface area contributed by atoms with Crippen LogP contribution in [0.1, 0.15) is 11.9 Å². The number of hydrogen-bond acceptors (Lipinski definition) is 5. The van der Waals surface area contributed by atoms with E-state index in [1.807, 2.05) is 42.2 Å². The predicted molar refractivity (Wildman–Crippen MR) is 80.8 cm³/mol. The first-order valence-electron chi connectivity index (χ1n) is 6.49.